The van der Waals surface area contributed by atoms with Crippen molar-refractivity contribution < 1.29 is 45.2 Å². The molecule has 1 aromatic carbocycles. The number of rotatable bonds is 15. The van der Waals surface area contributed by atoms with Gasteiger partial charge in [-0.25, -0.2) is 9.56 Å². The molecule has 0 amide bonds. The molecule has 1 heterocycles. The molecule has 0 radical (unpaired) electrons. The topological polar surface area (TPSA) is 75.6 Å². The summed E-state index contributed by atoms with van der Waals surface area (Å²) in [7, 11) is -4.04. The Morgan fingerprint density at radius 3 is 2.15 bits per heavy atom. The molecule has 2 rings (SSSR count). The van der Waals surface area contributed by atoms with Crippen molar-refractivity contribution in [2.24, 2.45) is 4.99 Å². The van der Waals surface area contributed by atoms with Gasteiger partial charge in [-0.2, -0.15) is 13.2 Å². The lowest BCUT2D eigenvalue weighted by Crippen LogP contribution is -2.36. The molecular weight excluding hydrogens is 553 g/mol. The Labute approximate surface area is 235 Å². The van der Waals surface area contributed by atoms with E-state index in [1.165, 1.54) is 6.07 Å². The molecule has 1 aliphatic rings. The van der Waals surface area contributed by atoms with Gasteiger partial charge in [-0.3, -0.25) is 18.0 Å². The molecule has 12 heteroatoms. The highest BCUT2D eigenvalue weighted by Crippen LogP contribution is 2.56. The average molecular weight is 598 g/mol. The number of aliphatic imine (C=N–C) groups is 1. The quantitative estimate of drug-likeness (QED) is 0.115. The molecule has 0 spiro atoms. The van der Waals surface area contributed by atoms with Crippen molar-refractivity contribution >= 4 is 13.7 Å². The van der Waals surface area contributed by atoms with Crippen molar-refractivity contribution in [1.82, 2.24) is 0 Å². The number of halogens is 4. The van der Waals surface area contributed by atoms with Crippen LogP contribution in [0.15, 0.2) is 23.2 Å². The number of unbranched alkanes of at least 4 members (excludes halogenated alkanes) is 3. The average Bonchev–Trinajstić information content (AvgIpc) is 3.17. The predicted molar refractivity (Wildman–Crippen MR) is 147 cm³/mol. The van der Waals surface area contributed by atoms with Crippen LogP contribution in [0.1, 0.15) is 91.7 Å². The lowest BCUT2D eigenvalue weighted by Gasteiger charge is -2.33. The van der Waals surface area contributed by atoms with Crippen LogP contribution in [-0.2, 0) is 35.5 Å². The summed E-state index contributed by atoms with van der Waals surface area (Å²) in [6.45, 7) is 11.7. The molecule has 0 N–H and O–H groups in total. The lowest BCUT2D eigenvalue weighted by molar-refractivity contribution is -0.139. The van der Waals surface area contributed by atoms with E-state index in [2.05, 4.69) is 4.99 Å². The molecule has 40 heavy (non-hydrogen) atoms. The lowest BCUT2D eigenvalue weighted by atomic mass is 9.93. The van der Waals surface area contributed by atoms with Gasteiger partial charge in [0.2, 0.25) is 0 Å². The summed E-state index contributed by atoms with van der Waals surface area (Å²) < 4.78 is 95.5. The van der Waals surface area contributed by atoms with Gasteiger partial charge in [-0.1, -0.05) is 12.5 Å². The second kappa shape index (κ2) is 14.0. The summed E-state index contributed by atoms with van der Waals surface area (Å²) in [6.07, 6.45) is -1.78. The monoisotopic (exact) mass is 597 g/mol. The highest BCUT2D eigenvalue weighted by Gasteiger charge is 2.43. The molecule has 0 saturated heterocycles. The minimum Gasteiger partial charge on any atom is -0.493 e. The number of hydrogen-bond donors (Lipinski definition) is 0. The van der Waals surface area contributed by atoms with E-state index in [9.17, 15) is 22.1 Å². The first-order valence-electron chi connectivity index (χ1n) is 13.6. The summed E-state index contributed by atoms with van der Waals surface area (Å²) in [5.41, 5.74) is -3.07. The van der Waals surface area contributed by atoms with Crippen molar-refractivity contribution in [2.45, 2.75) is 110 Å². The van der Waals surface area contributed by atoms with Crippen LogP contribution in [0.5, 0.6) is 5.75 Å². The number of ether oxygens (including phenoxy) is 2. The third-order valence-corrected chi connectivity index (χ3v) is 7.71. The fraction of sp³-hybridized carbons (Fsp3) is 0.750. The predicted octanol–water partition coefficient (Wildman–Crippen LogP) is 8.49. The molecule has 0 fully saturated rings. The Kier molecular flexibility index (Phi) is 12.1. The Balaban J connectivity index is 2.17. The van der Waals surface area contributed by atoms with E-state index >= 15 is 0 Å². The van der Waals surface area contributed by atoms with Gasteiger partial charge in [0.15, 0.2) is 5.90 Å². The molecule has 1 aliphatic heterocycles. The van der Waals surface area contributed by atoms with Crippen molar-refractivity contribution in [1.29, 1.82) is 0 Å². The number of aryl methyl sites for hydroxylation is 1. The Morgan fingerprint density at radius 1 is 1.00 bits per heavy atom. The van der Waals surface area contributed by atoms with Crippen LogP contribution in [0, 0.1) is 0 Å². The summed E-state index contributed by atoms with van der Waals surface area (Å²) >= 11 is 0. The number of benzene rings is 1. The molecule has 7 nitrogen and oxygen atoms in total. The van der Waals surface area contributed by atoms with Crippen molar-refractivity contribution in [3.63, 3.8) is 0 Å². The van der Waals surface area contributed by atoms with E-state index in [-0.39, 0.29) is 38.4 Å². The highest BCUT2D eigenvalue weighted by atomic mass is 31.2. The molecule has 0 bridgehead atoms. The Morgan fingerprint density at radius 2 is 1.62 bits per heavy atom. The van der Waals surface area contributed by atoms with Crippen LogP contribution in [0.2, 0.25) is 0 Å². The van der Waals surface area contributed by atoms with E-state index in [1.807, 2.05) is 0 Å². The maximum Gasteiger partial charge on any atom is 0.475 e. The summed E-state index contributed by atoms with van der Waals surface area (Å²) in [5, 5.41) is 0. The van der Waals surface area contributed by atoms with Gasteiger partial charge >= 0.3 is 14.0 Å². The fourth-order valence-corrected chi connectivity index (χ4v) is 5.92. The maximum atomic E-state index is 13.9. The summed E-state index contributed by atoms with van der Waals surface area (Å²) in [4.78, 5) is 4.56. The minimum atomic E-state index is -4.60. The van der Waals surface area contributed by atoms with Crippen molar-refractivity contribution in [2.75, 3.05) is 26.5 Å². The van der Waals surface area contributed by atoms with E-state index in [4.69, 9.17) is 23.0 Å². The molecule has 1 unspecified atom stereocenters. The van der Waals surface area contributed by atoms with Gasteiger partial charge in [-0.15, -0.1) is 0 Å². The Hall–Kier alpha value is -1.68. The largest absolute Gasteiger partial charge is 0.493 e. The molecule has 1 atom stereocenters. The second-order valence-corrected chi connectivity index (χ2v) is 13.6. The first-order valence-corrected chi connectivity index (χ1v) is 15.1. The van der Waals surface area contributed by atoms with Gasteiger partial charge in [0.05, 0.1) is 36.7 Å². The number of hydrogen-bond acceptors (Lipinski definition) is 7. The third kappa shape index (κ3) is 12.0. The van der Waals surface area contributed by atoms with Crippen LogP contribution in [0.3, 0.4) is 0 Å². The van der Waals surface area contributed by atoms with Gasteiger partial charge in [-0.05, 0) is 91.3 Å². The van der Waals surface area contributed by atoms with Crippen molar-refractivity contribution in [3.8, 4) is 5.75 Å². The van der Waals surface area contributed by atoms with E-state index < -0.39 is 43.0 Å². The zero-order chi connectivity index (χ0) is 30.2. The maximum absolute atomic E-state index is 13.9. The van der Waals surface area contributed by atoms with Crippen LogP contribution in [0.4, 0.5) is 17.6 Å². The van der Waals surface area contributed by atoms with E-state index in [0.29, 0.717) is 37.1 Å². The number of nitrogens with zero attached hydrogens (tertiary/aromatic N) is 1. The van der Waals surface area contributed by atoms with E-state index in [0.717, 1.165) is 6.07 Å². The summed E-state index contributed by atoms with van der Waals surface area (Å²) in [6, 6.07) is 3.99. The molecule has 1 aromatic rings. The number of alkyl halides is 4. The zero-order valence-corrected chi connectivity index (χ0v) is 25.6. The number of phosphoric ester groups is 1. The fourth-order valence-electron chi connectivity index (χ4n) is 4.04. The molecular formula is C28H44F4NO6P. The SMILES string of the molecule is CC1=NC(CCc2ccc(OCCCCCCF)c(C(F)(F)F)c2)(COP(=O)(OC(C)(C)C)OC(C)(C)C)CO1. The van der Waals surface area contributed by atoms with Gasteiger partial charge in [0.25, 0.3) is 0 Å². The van der Waals surface area contributed by atoms with Gasteiger partial charge in [0.1, 0.15) is 17.9 Å². The van der Waals surface area contributed by atoms with Crippen LogP contribution < -0.4 is 4.74 Å². The standard InChI is InChI=1S/C28H44F4NO6P/c1-21-33-27(19-36-21,20-37-40(34,38-25(2,3)4)39-26(5,6)7)15-14-22-12-13-24(23(18-22)28(30,31)32)35-17-11-9-8-10-16-29/h12-13,18H,8-11,14-17,19-20H2,1-7H3. The van der Waals surface area contributed by atoms with E-state index in [1.54, 1.807) is 54.5 Å². The minimum absolute atomic E-state index is 0.111. The smallest absolute Gasteiger partial charge is 0.475 e. The first kappa shape index (κ1) is 34.5. The normalized spacial score (nSPS) is 18.5. The first-order chi connectivity index (χ1) is 18.4. The molecule has 0 saturated carbocycles. The van der Waals surface area contributed by atoms with Crippen LogP contribution in [-0.4, -0.2) is 49.1 Å². The molecule has 0 aliphatic carbocycles. The van der Waals surface area contributed by atoms with Crippen LogP contribution in [0.25, 0.3) is 0 Å². The second-order valence-electron chi connectivity index (χ2n) is 12.1. The molecule has 0 aromatic heterocycles. The highest BCUT2D eigenvalue weighted by molar-refractivity contribution is 7.48. The van der Waals surface area contributed by atoms with Crippen LogP contribution >= 0.6 is 7.82 Å². The van der Waals surface area contributed by atoms with Gasteiger partial charge < -0.3 is 9.47 Å². The summed E-state index contributed by atoms with van der Waals surface area (Å²) in [5.74, 6) is 0.163. The third-order valence-electron chi connectivity index (χ3n) is 5.72. The Bertz CT molecular complexity index is 1020. The molecule has 230 valence electrons. The number of phosphoric acid groups is 1. The zero-order valence-electron chi connectivity index (χ0n) is 24.7. The van der Waals surface area contributed by atoms with Crippen molar-refractivity contribution in [3.05, 3.63) is 29.3 Å². The van der Waals surface area contributed by atoms with Gasteiger partial charge in [0, 0.05) is 6.92 Å².